The van der Waals surface area contributed by atoms with Gasteiger partial charge in [0.1, 0.15) is 6.23 Å². The first-order chi connectivity index (χ1) is 8.18. The van der Waals surface area contributed by atoms with Crippen LogP contribution in [0, 0.1) is 0 Å². The Morgan fingerprint density at radius 1 is 1.18 bits per heavy atom. The summed E-state index contributed by atoms with van der Waals surface area (Å²) in [6, 6.07) is 6.84. The van der Waals surface area contributed by atoms with Gasteiger partial charge in [-0.2, -0.15) is 0 Å². The third kappa shape index (κ3) is 2.84. The lowest BCUT2D eigenvalue weighted by Gasteiger charge is -2.31. The van der Waals surface area contributed by atoms with E-state index in [1.165, 1.54) is 6.42 Å². The van der Waals surface area contributed by atoms with Gasteiger partial charge < -0.3 is 10.8 Å². The molecule has 1 aromatic carbocycles. The van der Waals surface area contributed by atoms with Gasteiger partial charge in [-0.25, -0.2) is 0 Å². The summed E-state index contributed by atoms with van der Waals surface area (Å²) in [6.45, 7) is 1.86. The second-order valence-electron chi connectivity index (χ2n) is 4.46. The van der Waals surface area contributed by atoms with Gasteiger partial charge in [0.25, 0.3) is 0 Å². The van der Waals surface area contributed by atoms with E-state index in [2.05, 4.69) is 4.90 Å². The SMILES string of the molecule is NC(=O)c1ccc(C(O)N2CCCCC2)cc1. The lowest BCUT2D eigenvalue weighted by molar-refractivity contribution is -0.00983. The van der Waals surface area contributed by atoms with Crippen LogP contribution in [0.5, 0.6) is 0 Å². The lowest BCUT2D eigenvalue weighted by atomic mass is 10.1. The van der Waals surface area contributed by atoms with Gasteiger partial charge in [-0.15, -0.1) is 0 Å². The predicted octanol–water partition coefficient (Wildman–Crippen LogP) is 1.26. The van der Waals surface area contributed by atoms with E-state index in [-0.39, 0.29) is 0 Å². The summed E-state index contributed by atoms with van der Waals surface area (Å²) in [5, 5.41) is 10.2. The van der Waals surface area contributed by atoms with Gasteiger partial charge in [0.15, 0.2) is 0 Å². The Hall–Kier alpha value is -1.39. The lowest BCUT2D eigenvalue weighted by Crippen LogP contribution is -2.33. The molecule has 92 valence electrons. The number of likely N-dealkylation sites (tertiary alicyclic amines) is 1. The monoisotopic (exact) mass is 234 g/mol. The van der Waals surface area contributed by atoms with Crippen LogP contribution in [0.3, 0.4) is 0 Å². The highest BCUT2D eigenvalue weighted by Crippen LogP contribution is 2.22. The van der Waals surface area contributed by atoms with Crippen molar-refractivity contribution in [2.75, 3.05) is 13.1 Å². The predicted molar refractivity (Wildman–Crippen MR) is 65.3 cm³/mol. The van der Waals surface area contributed by atoms with Crippen molar-refractivity contribution in [3.63, 3.8) is 0 Å². The van der Waals surface area contributed by atoms with Crippen LogP contribution in [0.25, 0.3) is 0 Å². The van der Waals surface area contributed by atoms with Crippen molar-refractivity contribution in [1.29, 1.82) is 0 Å². The van der Waals surface area contributed by atoms with E-state index in [1.807, 2.05) is 0 Å². The molecule has 0 bridgehead atoms. The van der Waals surface area contributed by atoms with Crippen molar-refractivity contribution in [3.05, 3.63) is 35.4 Å². The van der Waals surface area contributed by atoms with Crippen molar-refractivity contribution in [2.24, 2.45) is 5.73 Å². The summed E-state index contributed by atoms with van der Waals surface area (Å²) in [6.07, 6.45) is 2.94. The minimum Gasteiger partial charge on any atom is -0.374 e. The van der Waals surface area contributed by atoms with Crippen LogP contribution in [-0.4, -0.2) is 29.0 Å². The highest BCUT2D eigenvalue weighted by atomic mass is 16.3. The number of hydrogen-bond donors (Lipinski definition) is 2. The molecule has 1 aliphatic rings. The molecule has 1 saturated heterocycles. The largest absolute Gasteiger partial charge is 0.374 e. The highest BCUT2D eigenvalue weighted by Gasteiger charge is 2.19. The van der Waals surface area contributed by atoms with Crippen molar-refractivity contribution < 1.29 is 9.90 Å². The van der Waals surface area contributed by atoms with Crippen LogP contribution in [0.1, 0.15) is 41.4 Å². The van der Waals surface area contributed by atoms with Crippen LogP contribution in [-0.2, 0) is 0 Å². The average molecular weight is 234 g/mol. The van der Waals surface area contributed by atoms with Gasteiger partial charge in [0, 0.05) is 18.7 Å². The summed E-state index contributed by atoms with van der Waals surface area (Å²) in [5.41, 5.74) is 6.46. The molecule has 0 saturated carbocycles. The summed E-state index contributed by atoms with van der Waals surface area (Å²) >= 11 is 0. The standard InChI is InChI=1S/C13H18N2O2/c14-12(16)10-4-6-11(7-5-10)13(17)15-8-2-1-3-9-15/h4-7,13,17H,1-3,8-9H2,(H2,14,16). The summed E-state index contributed by atoms with van der Waals surface area (Å²) < 4.78 is 0. The third-order valence-corrected chi connectivity index (χ3v) is 3.23. The normalized spacial score (nSPS) is 18.9. The molecule has 4 nitrogen and oxygen atoms in total. The zero-order valence-corrected chi connectivity index (χ0v) is 9.80. The number of benzene rings is 1. The Balaban J connectivity index is 2.07. The summed E-state index contributed by atoms with van der Waals surface area (Å²) in [7, 11) is 0. The van der Waals surface area contributed by atoms with Gasteiger partial charge in [0.05, 0.1) is 0 Å². The molecule has 1 aliphatic heterocycles. The van der Waals surface area contributed by atoms with Crippen molar-refractivity contribution in [1.82, 2.24) is 4.90 Å². The first kappa shape index (κ1) is 12.1. The number of nitrogens with zero attached hydrogens (tertiary/aromatic N) is 1. The maximum atomic E-state index is 10.9. The minimum absolute atomic E-state index is 0.441. The van der Waals surface area contributed by atoms with Crippen LogP contribution < -0.4 is 5.73 Å². The molecule has 1 heterocycles. The van der Waals surface area contributed by atoms with E-state index in [1.54, 1.807) is 24.3 Å². The zero-order chi connectivity index (χ0) is 12.3. The summed E-state index contributed by atoms with van der Waals surface area (Å²) in [5.74, 6) is -0.441. The van der Waals surface area contributed by atoms with Crippen LogP contribution in [0.2, 0.25) is 0 Å². The van der Waals surface area contributed by atoms with E-state index in [4.69, 9.17) is 5.73 Å². The third-order valence-electron chi connectivity index (χ3n) is 3.23. The van der Waals surface area contributed by atoms with E-state index in [0.29, 0.717) is 5.56 Å². The van der Waals surface area contributed by atoms with E-state index >= 15 is 0 Å². The highest BCUT2D eigenvalue weighted by molar-refractivity contribution is 5.92. The van der Waals surface area contributed by atoms with Gasteiger partial charge in [-0.1, -0.05) is 18.6 Å². The summed E-state index contributed by atoms with van der Waals surface area (Å²) in [4.78, 5) is 13.0. The fourth-order valence-electron chi connectivity index (χ4n) is 2.19. The van der Waals surface area contributed by atoms with Crippen LogP contribution in [0.4, 0.5) is 0 Å². The molecule has 0 aliphatic carbocycles. The zero-order valence-electron chi connectivity index (χ0n) is 9.80. The number of amides is 1. The molecule has 4 heteroatoms. The van der Waals surface area contributed by atoms with Crippen molar-refractivity contribution in [3.8, 4) is 0 Å². The molecule has 17 heavy (non-hydrogen) atoms. The number of carbonyl (C=O) groups is 1. The molecular weight excluding hydrogens is 216 g/mol. The van der Waals surface area contributed by atoms with E-state index in [0.717, 1.165) is 31.5 Å². The first-order valence-corrected chi connectivity index (χ1v) is 6.00. The number of piperidine rings is 1. The number of aliphatic hydroxyl groups excluding tert-OH is 1. The van der Waals surface area contributed by atoms with E-state index in [9.17, 15) is 9.90 Å². The van der Waals surface area contributed by atoms with Gasteiger partial charge in [-0.3, -0.25) is 9.69 Å². The molecular formula is C13H18N2O2. The smallest absolute Gasteiger partial charge is 0.248 e. The van der Waals surface area contributed by atoms with Gasteiger partial charge in [0.2, 0.25) is 5.91 Å². The Morgan fingerprint density at radius 2 is 1.76 bits per heavy atom. The average Bonchev–Trinajstić information content (AvgIpc) is 2.39. The second kappa shape index (κ2) is 5.29. The number of hydrogen-bond acceptors (Lipinski definition) is 3. The number of carbonyl (C=O) groups excluding carboxylic acids is 1. The molecule has 0 radical (unpaired) electrons. The second-order valence-corrected chi connectivity index (χ2v) is 4.46. The van der Waals surface area contributed by atoms with Crippen LogP contribution >= 0.6 is 0 Å². The molecule has 1 unspecified atom stereocenters. The van der Waals surface area contributed by atoms with Crippen molar-refractivity contribution in [2.45, 2.75) is 25.5 Å². The maximum Gasteiger partial charge on any atom is 0.248 e. The van der Waals surface area contributed by atoms with Crippen LogP contribution in [0.15, 0.2) is 24.3 Å². The molecule has 1 fully saturated rings. The molecule has 0 spiro atoms. The molecule has 1 amide bonds. The van der Waals surface area contributed by atoms with Gasteiger partial charge in [-0.05, 0) is 30.5 Å². The Kier molecular flexibility index (Phi) is 3.76. The number of nitrogens with two attached hydrogens (primary N) is 1. The molecule has 2 rings (SSSR count). The molecule has 0 aromatic heterocycles. The van der Waals surface area contributed by atoms with E-state index < -0.39 is 12.1 Å². The molecule has 1 atom stereocenters. The molecule has 1 aromatic rings. The first-order valence-electron chi connectivity index (χ1n) is 6.00. The number of primary amides is 1. The number of aliphatic hydroxyl groups is 1. The Morgan fingerprint density at radius 3 is 2.29 bits per heavy atom. The Bertz CT molecular complexity index is 383. The maximum absolute atomic E-state index is 10.9. The minimum atomic E-state index is -0.572. The van der Waals surface area contributed by atoms with Gasteiger partial charge >= 0.3 is 0 Å². The Labute approximate surface area is 101 Å². The number of rotatable bonds is 3. The topological polar surface area (TPSA) is 66.6 Å². The fraction of sp³-hybridized carbons (Fsp3) is 0.462. The fourth-order valence-corrected chi connectivity index (χ4v) is 2.19. The molecule has 3 N–H and O–H groups in total. The van der Waals surface area contributed by atoms with Crippen molar-refractivity contribution >= 4 is 5.91 Å². The quantitative estimate of drug-likeness (QED) is 0.827.